The molecule has 13 heteroatoms. The first-order valence-electron chi connectivity index (χ1n) is 12.7. The van der Waals surface area contributed by atoms with E-state index in [9.17, 15) is 26.4 Å². The molecule has 2 fully saturated rings. The summed E-state index contributed by atoms with van der Waals surface area (Å²) >= 11 is 6.05. The summed E-state index contributed by atoms with van der Waals surface area (Å²) in [7, 11) is -3.59. The van der Waals surface area contributed by atoms with Crippen molar-refractivity contribution in [2.75, 3.05) is 50.0 Å². The zero-order chi connectivity index (χ0) is 28.2. The molecule has 0 bridgehead atoms. The van der Waals surface area contributed by atoms with Gasteiger partial charge in [-0.25, -0.2) is 8.42 Å². The maximum absolute atomic E-state index is 13.1. The third-order valence-corrected chi connectivity index (χ3v) is 9.02. The molecule has 2 aliphatic rings. The number of benzene rings is 2. The van der Waals surface area contributed by atoms with Gasteiger partial charge >= 0.3 is 6.36 Å². The van der Waals surface area contributed by atoms with Crippen LogP contribution < -0.4 is 15.0 Å². The van der Waals surface area contributed by atoms with Gasteiger partial charge in [-0.1, -0.05) is 18.5 Å². The number of nitrogens with one attached hydrogen (secondary N) is 1. The Morgan fingerprint density at radius 2 is 1.79 bits per heavy atom. The minimum absolute atomic E-state index is 0.0349. The number of anilines is 1. The summed E-state index contributed by atoms with van der Waals surface area (Å²) in [6.45, 7) is 5.64. The van der Waals surface area contributed by atoms with E-state index in [1.165, 1.54) is 37.3 Å². The molecule has 2 aliphatic heterocycles. The molecule has 2 aromatic carbocycles. The molecule has 2 heterocycles. The number of carbonyl (C=O) groups excluding carboxylic acids is 1. The third kappa shape index (κ3) is 7.77. The van der Waals surface area contributed by atoms with Gasteiger partial charge in [0.1, 0.15) is 5.75 Å². The van der Waals surface area contributed by atoms with Crippen molar-refractivity contribution >= 4 is 33.0 Å². The summed E-state index contributed by atoms with van der Waals surface area (Å²) in [4.78, 5) is 17.4. The predicted molar refractivity (Wildman–Crippen MR) is 141 cm³/mol. The quantitative estimate of drug-likeness (QED) is 0.492. The fraction of sp³-hybridized carbons (Fsp3) is 0.500. The predicted octanol–water partition coefficient (Wildman–Crippen LogP) is 4.26. The number of hydrogen-bond acceptors (Lipinski definition) is 7. The molecule has 4 rings (SSSR count). The van der Waals surface area contributed by atoms with E-state index in [-0.39, 0.29) is 33.3 Å². The van der Waals surface area contributed by atoms with E-state index < -0.39 is 27.9 Å². The van der Waals surface area contributed by atoms with Crippen molar-refractivity contribution in [1.29, 1.82) is 0 Å². The number of carbonyl (C=O) groups is 1. The van der Waals surface area contributed by atoms with Crippen molar-refractivity contribution in [1.82, 2.24) is 10.2 Å². The second-order valence-corrected chi connectivity index (χ2v) is 12.2. The van der Waals surface area contributed by atoms with E-state index >= 15 is 0 Å². The van der Waals surface area contributed by atoms with Gasteiger partial charge in [0, 0.05) is 61.1 Å². The van der Waals surface area contributed by atoms with Gasteiger partial charge in [0.25, 0.3) is 5.91 Å². The molecule has 0 radical (unpaired) electrons. The maximum Gasteiger partial charge on any atom is 0.573 e. The number of rotatable bonds is 8. The molecule has 1 amide bonds. The van der Waals surface area contributed by atoms with Crippen molar-refractivity contribution in [2.24, 2.45) is 0 Å². The zero-order valence-electron chi connectivity index (χ0n) is 21.5. The first-order chi connectivity index (χ1) is 18.4. The van der Waals surface area contributed by atoms with Crippen LogP contribution in [0.3, 0.4) is 0 Å². The SMILES string of the molecule is CCS(=O)(=O)c1ccc(Cl)cc1CNC(=O)c1cc(OC(F)(F)F)cc(N2CCC(N3CCOCC3)CC2)c1. The smallest absolute Gasteiger partial charge is 0.406 e. The van der Waals surface area contributed by atoms with Crippen LogP contribution in [0.15, 0.2) is 41.3 Å². The molecule has 0 aliphatic carbocycles. The van der Waals surface area contributed by atoms with Crippen molar-refractivity contribution in [3.8, 4) is 5.75 Å². The summed E-state index contributed by atoms with van der Waals surface area (Å²) in [5, 5.41) is 2.90. The van der Waals surface area contributed by atoms with Gasteiger partial charge in [0.05, 0.1) is 23.9 Å². The number of alkyl halides is 3. The fourth-order valence-electron chi connectivity index (χ4n) is 4.94. The Morgan fingerprint density at radius 3 is 2.44 bits per heavy atom. The highest BCUT2D eigenvalue weighted by molar-refractivity contribution is 7.91. The third-order valence-electron chi connectivity index (χ3n) is 6.96. The van der Waals surface area contributed by atoms with E-state index in [1.54, 1.807) is 0 Å². The highest BCUT2D eigenvalue weighted by atomic mass is 35.5. The Morgan fingerprint density at radius 1 is 1.10 bits per heavy atom. The van der Waals surface area contributed by atoms with Gasteiger partial charge in [0.15, 0.2) is 9.84 Å². The minimum Gasteiger partial charge on any atom is -0.406 e. The first-order valence-corrected chi connectivity index (χ1v) is 14.7. The van der Waals surface area contributed by atoms with Crippen LogP contribution in [0.4, 0.5) is 18.9 Å². The lowest BCUT2D eigenvalue weighted by molar-refractivity contribution is -0.274. The molecular formula is C26H31ClF3N3O5S. The molecule has 2 saturated heterocycles. The number of ether oxygens (including phenoxy) is 2. The highest BCUT2D eigenvalue weighted by Crippen LogP contribution is 2.31. The van der Waals surface area contributed by atoms with E-state index in [2.05, 4.69) is 15.0 Å². The maximum atomic E-state index is 13.1. The Bertz CT molecular complexity index is 1280. The van der Waals surface area contributed by atoms with E-state index in [1.807, 2.05) is 4.90 Å². The fourth-order valence-corrected chi connectivity index (χ4v) is 6.26. The van der Waals surface area contributed by atoms with Crippen LogP contribution >= 0.6 is 11.6 Å². The Labute approximate surface area is 230 Å². The zero-order valence-corrected chi connectivity index (χ0v) is 23.0. The van der Waals surface area contributed by atoms with Gasteiger partial charge in [0.2, 0.25) is 0 Å². The molecule has 0 unspecified atom stereocenters. The van der Waals surface area contributed by atoms with Crippen molar-refractivity contribution in [2.45, 2.75) is 43.6 Å². The van der Waals surface area contributed by atoms with Crippen LogP contribution in [0.1, 0.15) is 35.7 Å². The van der Waals surface area contributed by atoms with Crippen molar-refractivity contribution in [3.05, 3.63) is 52.5 Å². The summed E-state index contributed by atoms with van der Waals surface area (Å²) in [5.41, 5.74) is 0.689. The van der Waals surface area contributed by atoms with E-state index in [0.29, 0.717) is 38.0 Å². The number of nitrogens with zero attached hydrogens (tertiary/aromatic N) is 2. The van der Waals surface area contributed by atoms with Gasteiger partial charge in [-0.15, -0.1) is 13.2 Å². The van der Waals surface area contributed by atoms with E-state index in [4.69, 9.17) is 16.3 Å². The molecule has 0 spiro atoms. The molecule has 0 saturated carbocycles. The highest BCUT2D eigenvalue weighted by Gasteiger charge is 2.32. The van der Waals surface area contributed by atoms with Crippen LogP contribution in [0.25, 0.3) is 0 Å². The average molecular weight is 590 g/mol. The Kier molecular flexibility index (Phi) is 9.30. The van der Waals surface area contributed by atoms with Gasteiger partial charge in [-0.2, -0.15) is 0 Å². The van der Waals surface area contributed by atoms with Gasteiger partial charge in [-0.3, -0.25) is 9.69 Å². The number of sulfone groups is 1. The second kappa shape index (κ2) is 12.3. The normalized spacial score (nSPS) is 17.7. The molecule has 0 aromatic heterocycles. The molecule has 2 aromatic rings. The average Bonchev–Trinajstić information content (AvgIpc) is 2.91. The van der Waals surface area contributed by atoms with Crippen molar-refractivity contribution < 1.29 is 35.9 Å². The molecule has 214 valence electrons. The summed E-state index contributed by atoms with van der Waals surface area (Å²) in [6.07, 6.45) is -3.27. The van der Waals surface area contributed by atoms with Crippen LogP contribution in [0.2, 0.25) is 5.02 Å². The van der Waals surface area contributed by atoms with Crippen LogP contribution in [-0.4, -0.2) is 76.8 Å². The second-order valence-electron chi connectivity index (χ2n) is 9.47. The number of piperidine rings is 1. The van der Waals surface area contributed by atoms with Gasteiger partial charge < -0.3 is 19.7 Å². The van der Waals surface area contributed by atoms with E-state index in [0.717, 1.165) is 32.0 Å². The lowest BCUT2D eigenvalue weighted by Gasteiger charge is -2.41. The minimum atomic E-state index is -4.93. The Balaban J connectivity index is 1.52. The van der Waals surface area contributed by atoms with Crippen LogP contribution in [0.5, 0.6) is 5.75 Å². The monoisotopic (exact) mass is 589 g/mol. The van der Waals surface area contributed by atoms with Crippen LogP contribution in [-0.2, 0) is 21.1 Å². The lowest BCUT2D eigenvalue weighted by Crippen LogP contribution is -2.49. The number of morpholine rings is 1. The molecule has 8 nitrogen and oxygen atoms in total. The Hall–Kier alpha value is -2.54. The summed E-state index contributed by atoms with van der Waals surface area (Å²) in [5.74, 6) is -1.32. The standard InChI is InChI=1S/C26H31ClF3N3O5S/c1-2-39(35,36)24-4-3-20(27)13-19(24)17-31-25(34)18-14-22(16-23(15-18)38-26(28,29)30)32-7-5-21(6-8-32)33-9-11-37-12-10-33/h3-4,13-16,21H,2,5-12,17H2,1H3,(H,31,34). The van der Waals surface area contributed by atoms with Crippen LogP contribution in [0, 0.1) is 0 Å². The number of hydrogen-bond donors (Lipinski definition) is 1. The lowest BCUT2D eigenvalue weighted by atomic mass is 10.0. The molecular weight excluding hydrogens is 559 g/mol. The summed E-state index contributed by atoms with van der Waals surface area (Å²) < 4.78 is 73.8. The van der Waals surface area contributed by atoms with Crippen molar-refractivity contribution in [3.63, 3.8) is 0 Å². The molecule has 1 N–H and O–H groups in total. The molecule has 0 atom stereocenters. The topological polar surface area (TPSA) is 88.2 Å². The molecule has 39 heavy (non-hydrogen) atoms. The largest absolute Gasteiger partial charge is 0.573 e. The summed E-state index contributed by atoms with van der Waals surface area (Å²) in [6, 6.07) is 8.46. The number of halogens is 4. The number of amides is 1. The first kappa shape index (κ1) is 29.4. The van der Waals surface area contributed by atoms with Gasteiger partial charge in [-0.05, 0) is 48.7 Å².